The van der Waals surface area contributed by atoms with Gasteiger partial charge in [0.25, 0.3) is 0 Å². The van der Waals surface area contributed by atoms with E-state index in [9.17, 15) is 14.4 Å². The molecule has 3 heterocycles. The molecule has 1 aromatic heterocycles. The number of nitrogens with zero attached hydrogens (tertiary/aromatic N) is 3. The number of aromatic nitrogens is 1. The number of anilines is 2. The molecule has 176 valence electrons. The van der Waals surface area contributed by atoms with Crippen molar-refractivity contribution in [2.45, 2.75) is 23.0 Å². The highest BCUT2D eigenvalue weighted by Gasteiger charge is 2.50. The van der Waals surface area contributed by atoms with Gasteiger partial charge in [-0.25, -0.2) is 14.6 Å². The minimum absolute atomic E-state index is 0.0604. The lowest BCUT2D eigenvalue weighted by Crippen LogP contribution is -2.41. The van der Waals surface area contributed by atoms with E-state index in [1.54, 1.807) is 33.8 Å². The van der Waals surface area contributed by atoms with Crippen molar-refractivity contribution >= 4 is 63.6 Å². The second kappa shape index (κ2) is 9.78. The number of benzene rings is 1. The molecule has 0 aliphatic carbocycles. The molecule has 2 aliphatic heterocycles. The predicted molar refractivity (Wildman–Crippen MR) is 130 cm³/mol. The summed E-state index contributed by atoms with van der Waals surface area (Å²) in [4.78, 5) is 43.9. The third-order valence-electron chi connectivity index (χ3n) is 5.73. The van der Waals surface area contributed by atoms with Crippen LogP contribution in [0.5, 0.6) is 0 Å². The highest BCUT2D eigenvalue weighted by Crippen LogP contribution is 2.47. The van der Waals surface area contributed by atoms with Crippen LogP contribution in [-0.2, 0) is 14.9 Å². The zero-order chi connectivity index (χ0) is 23.6. The maximum Gasteiger partial charge on any atom is 0.409 e. The first kappa shape index (κ1) is 23.7. The number of thiazole rings is 1. The topological polar surface area (TPSA) is 104 Å². The monoisotopic (exact) mass is 509 g/mol. The van der Waals surface area contributed by atoms with Gasteiger partial charge in [0, 0.05) is 55.0 Å². The van der Waals surface area contributed by atoms with Crippen LogP contribution in [0, 0.1) is 0 Å². The van der Waals surface area contributed by atoms with Crippen molar-refractivity contribution in [3.05, 3.63) is 35.0 Å². The first-order valence-electron chi connectivity index (χ1n) is 10.4. The second-order valence-corrected chi connectivity index (χ2v) is 10.8. The fourth-order valence-electron chi connectivity index (χ4n) is 4.25. The van der Waals surface area contributed by atoms with Crippen LogP contribution in [0.4, 0.5) is 20.4 Å². The van der Waals surface area contributed by atoms with Gasteiger partial charge >= 0.3 is 12.1 Å². The number of carbonyl (C=O) groups is 3. The van der Waals surface area contributed by atoms with E-state index < -0.39 is 0 Å². The highest BCUT2D eigenvalue weighted by atomic mass is 35.5. The molecule has 1 saturated heterocycles. The molecule has 4 amide bonds. The zero-order valence-corrected chi connectivity index (χ0v) is 20.6. The Morgan fingerprint density at radius 1 is 1.33 bits per heavy atom. The number of halogens is 1. The Bertz CT molecular complexity index is 1080. The zero-order valence-electron chi connectivity index (χ0n) is 18.2. The van der Waals surface area contributed by atoms with Crippen molar-refractivity contribution in [3.8, 4) is 0 Å². The fourth-order valence-corrected chi connectivity index (χ4v) is 6.22. The van der Waals surface area contributed by atoms with Gasteiger partial charge in [0.15, 0.2) is 5.13 Å². The van der Waals surface area contributed by atoms with Crippen molar-refractivity contribution in [1.29, 1.82) is 0 Å². The van der Waals surface area contributed by atoms with Crippen molar-refractivity contribution in [3.63, 3.8) is 0 Å². The summed E-state index contributed by atoms with van der Waals surface area (Å²) < 4.78 is 5.84. The average molecular weight is 510 g/mol. The Labute approximate surface area is 204 Å². The molecule has 1 fully saturated rings. The number of rotatable bonds is 5. The number of carbonyl (C=O) groups excluding carboxylic acids is 3. The van der Waals surface area contributed by atoms with Crippen LogP contribution >= 0.6 is 34.7 Å². The Balaban J connectivity index is 1.46. The molecule has 0 radical (unpaired) electrons. The molecule has 33 heavy (non-hydrogen) atoms. The van der Waals surface area contributed by atoms with E-state index >= 15 is 0 Å². The lowest BCUT2D eigenvalue weighted by molar-refractivity contribution is -0.118. The first-order valence-corrected chi connectivity index (χ1v) is 12.5. The third-order valence-corrected chi connectivity index (χ3v) is 8.08. The Kier molecular flexibility index (Phi) is 7.01. The minimum atomic E-state index is -0.390. The van der Waals surface area contributed by atoms with Crippen LogP contribution in [0.1, 0.15) is 18.9 Å². The minimum Gasteiger partial charge on any atom is -0.453 e. The number of hydrogen-bond acceptors (Lipinski definition) is 7. The van der Waals surface area contributed by atoms with Crippen molar-refractivity contribution in [1.82, 2.24) is 15.2 Å². The molecule has 0 bridgehead atoms. The Morgan fingerprint density at radius 3 is 2.91 bits per heavy atom. The number of methoxy groups -OCH3 is 1. The van der Waals surface area contributed by atoms with Crippen LogP contribution in [0.2, 0.25) is 5.02 Å². The first-order chi connectivity index (χ1) is 15.8. The summed E-state index contributed by atoms with van der Waals surface area (Å²) in [6, 6.07) is 5.21. The van der Waals surface area contributed by atoms with E-state index in [0.717, 1.165) is 15.5 Å². The average Bonchev–Trinajstić information content (AvgIpc) is 3.49. The van der Waals surface area contributed by atoms with E-state index in [2.05, 4.69) is 15.6 Å². The molecule has 4 rings (SSSR count). The second-order valence-electron chi connectivity index (χ2n) is 7.92. The summed E-state index contributed by atoms with van der Waals surface area (Å²) in [6.45, 7) is 3.50. The van der Waals surface area contributed by atoms with Gasteiger partial charge in [0.05, 0.1) is 17.5 Å². The predicted octanol–water partition coefficient (Wildman–Crippen LogP) is 3.79. The van der Waals surface area contributed by atoms with E-state index in [1.165, 1.54) is 25.4 Å². The van der Waals surface area contributed by atoms with Gasteiger partial charge in [0.2, 0.25) is 5.91 Å². The molecular formula is C21H24ClN5O4S2. The SMILES string of the molecule is COC(=O)N1CCC2(C1)CN(C(=O)Nc1ncc(SCCNC(C)=O)s1)c1ccc(Cl)cc12. The Morgan fingerprint density at radius 2 is 2.15 bits per heavy atom. The van der Waals surface area contributed by atoms with E-state index in [0.29, 0.717) is 48.5 Å². The number of urea groups is 1. The van der Waals surface area contributed by atoms with Crippen molar-refractivity contribution in [2.24, 2.45) is 0 Å². The number of amides is 4. The maximum absolute atomic E-state index is 13.2. The number of nitrogens with one attached hydrogen (secondary N) is 2. The molecule has 1 unspecified atom stereocenters. The molecule has 2 aromatic rings. The molecule has 2 N–H and O–H groups in total. The maximum atomic E-state index is 13.2. The van der Waals surface area contributed by atoms with Gasteiger partial charge in [-0.05, 0) is 30.2 Å². The normalized spacial score (nSPS) is 19.0. The van der Waals surface area contributed by atoms with Crippen LogP contribution in [0.15, 0.2) is 28.6 Å². The van der Waals surface area contributed by atoms with Gasteiger partial charge in [-0.1, -0.05) is 22.9 Å². The lowest BCUT2D eigenvalue weighted by atomic mass is 9.81. The van der Waals surface area contributed by atoms with Crippen molar-refractivity contribution in [2.75, 3.05) is 49.3 Å². The number of thioether (sulfide) groups is 1. The number of likely N-dealkylation sites (tertiary alicyclic amines) is 1. The lowest BCUT2D eigenvalue weighted by Gasteiger charge is -2.25. The van der Waals surface area contributed by atoms with Crippen LogP contribution in [0.3, 0.4) is 0 Å². The fraction of sp³-hybridized carbons (Fsp3) is 0.429. The standard InChI is InChI=1S/C21H24ClN5O4S2/c1-13(28)23-6-8-32-17-10-24-18(33-17)25-19(29)27-12-21(5-7-26(11-21)20(30)31-2)15-9-14(22)3-4-16(15)27/h3-4,9-10H,5-8,11-12H2,1-2H3,(H,23,28)(H,24,25,29). The van der Waals surface area contributed by atoms with E-state index in [1.807, 2.05) is 12.1 Å². The van der Waals surface area contributed by atoms with Gasteiger partial charge in [0.1, 0.15) is 0 Å². The van der Waals surface area contributed by atoms with E-state index in [4.69, 9.17) is 16.3 Å². The largest absolute Gasteiger partial charge is 0.453 e. The number of fused-ring (bicyclic) bond motifs is 2. The summed E-state index contributed by atoms with van der Waals surface area (Å²) in [7, 11) is 1.37. The van der Waals surface area contributed by atoms with E-state index in [-0.39, 0.29) is 23.4 Å². The molecule has 12 heteroatoms. The summed E-state index contributed by atoms with van der Waals surface area (Å²) in [5, 5.41) is 6.73. The van der Waals surface area contributed by atoms with Crippen LogP contribution < -0.4 is 15.5 Å². The molecule has 9 nitrogen and oxygen atoms in total. The molecular weight excluding hydrogens is 486 g/mol. The van der Waals surface area contributed by atoms with Gasteiger partial charge in [-0.2, -0.15) is 0 Å². The smallest absolute Gasteiger partial charge is 0.409 e. The molecule has 1 spiro atoms. The summed E-state index contributed by atoms with van der Waals surface area (Å²) in [5.74, 6) is 0.657. The number of ether oxygens (including phenoxy) is 1. The van der Waals surface area contributed by atoms with Crippen LogP contribution in [-0.4, -0.2) is 67.0 Å². The Hall–Kier alpha value is -2.50. The van der Waals surface area contributed by atoms with Crippen molar-refractivity contribution < 1.29 is 19.1 Å². The summed E-state index contributed by atoms with van der Waals surface area (Å²) in [5.41, 5.74) is 1.36. The molecule has 2 aliphatic rings. The molecule has 1 aromatic carbocycles. The van der Waals surface area contributed by atoms with Gasteiger partial charge in [-0.15, -0.1) is 11.8 Å². The number of hydrogen-bond donors (Lipinski definition) is 2. The van der Waals surface area contributed by atoms with Crippen LogP contribution in [0.25, 0.3) is 0 Å². The third kappa shape index (κ3) is 5.04. The highest BCUT2D eigenvalue weighted by molar-refractivity contribution is 8.01. The van der Waals surface area contributed by atoms with Gasteiger partial charge in [-0.3, -0.25) is 15.0 Å². The quantitative estimate of drug-likeness (QED) is 0.469. The molecule has 0 saturated carbocycles. The summed E-state index contributed by atoms with van der Waals surface area (Å²) in [6.07, 6.45) is 2.05. The van der Waals surface area contributed by atoms with Gasteiger partial charge < -0.3 is 15.0 Å². The molecule has 1 atom stereocenters. The summed E-state index contributed by atoms with van der Waals surface area (Å²) >= 11 is 9.23.